The Morgan fingerprint density at radius 3 is 2.43 bits per heavy atom. The number of aldehydes is 1. The molecule has 0 radical (unpaired) electrons. The Hall–Kier alpha value is -2.21. The first-order valence-electron chi connectivity index (χ1n) is 6.90. The van der Waals surface area contributed by atoms with E-state index in [2.05, 4.69) is 15.9 Å². The number of hydrogen-bond acceptors (Lipinski definition) is 5. The zero-order chi connectivity index (χ0) is 16.7. The Morgan fingerprint density at radius 1 is 1.00 bits per heavy atom. The summed E-state index contributed by atoms with van der Waals surface area (Å²) >= 11 is 3.37. The van der Waals surface area contributed by atoms with Crippen LogP contribution in [-0.2, 0) is 0 Å². The number of methoxy groups -OCH3 is 2. The Labute approximate surface area is 143 Å². The van der Waals surface area contributed by atoms with Crippen molar-refractivity contribution in [1.82, 2.24) is 0 Å². The van der Waals surface area contributed by atoms with Gasteiger partial charge in [0, 0.05) is 11.6 Å². The predicted octanol–water partition coefficient (Wildman–Crippen LogP) is 3.74. The molecular weight excluding hydrogens is 364 g/mol. The second kappa shape index (κ2) is 8.43. The van der Waals surface area contributed by atoms with Crippen LogP contribution in [0.25, 0.3) is 0 Å². The summed E-state index contributed by atoms with van der Waals surface area (Å²) in [7, 11) is 3.13. The van der Waals surface area contributed by atoms with E-state index in [9.17, 15) is 4.79 Å². The Morgan fingerprint density at radius 2 is 1.74 bits per heavy atom. The molecule has 23 heavy (non-hydrogen) atoms. The Bertz CT molecular complexity index is 672. The van der Waals surface area contributed by atoms with Crippen LogP contribution in [0.1, 0.15) is 10.4 Å². The lowest BCUT2D eigenvalue weighted by molar-refractivity contribution is 0.112. The topological polar surface area (TPSA) is 54.0 Å². The van der Waals surface area contributed by atoms with Crippen LogP contribution >= 0.6 is 15.9 Å². The maximum atomic E-state index is 10.9. The van der Waals surface area contributed by atoms with Crippen LogP contribution < -0.4 is 18.9 Å². The lowest BCUT2D eigenvalue weighted by Gasteiger charge is -2.14. The van der Waals surface area contributed by atoms with Gasteiger partial charge >= 0.3 is 0 Å². The van der Waals surface area contributed by atoms with Gasteiger partial charge in [-0.1, -0.05) is 6.07 Å². The van der Waals surface area contributed by atoms with Gasteiger partial charge in [-0.25, -0.2) is 0 Å². The molecule has 0 aliphatic rings. The maximum absolute atomic E-state index is 10.9. The summed E-state index contributed by atoms with van der Waals surface area (Å²) in [6.07, 6.45) is 0.753. The van der Waals surface area contributed by atoms with E-state index in [0.717, 1.165) is 12.0 Å². The second-order valence-electron chi connectivity index (χ2n) is 4.53. The largest absolute Gasteiger partial charge is 0.497 e. The maximum Gasteiger partial charge on any atom is 0.175 e. The molecule has 0 saturated heterocycles. The number of hydrogen-bond donors (Lipinski definition) is 0. The van der Waals surface area contributed by atoms with Crippen LogP contribution in [0.5, 0.6) is 23.0 Å². The number of ether oxygens (including phenoxy) is 4. The average molecular weight is 381 g/mol. The van der Waals surface area contributed by atoms with Crippen LogP contribution in [-0.4, -0.2) is 33.7 Å². The van der Waals surface area contributed by atoms with Gasteiger partial charge in [0.05, 0.1) is 18.7 Å². The van der Waals surface area contributed by atoms with E-state index >= 15 is 0 Å². The minimum absolute atomic E-state index is 0.326. The summed E-state index contributed by atoms with van der Waals surface area (Å²) in [5.74, 6) is 2.46. The van der Waals surface area contributed by atoms with Crippen molar-refractivity contribution in [3.8, 4) is 23.0 Å². The van der Waals surface area contributed by atoms with Crippen molar-refractivity contribution in [2.24, 2.45) is 0 Å². The SMILES string of the molecule is COc1cccc(OCCOc2c(Br)cc(C=O)cc2OC)c1. The number of carbonyl (C=O) groups is 1. The fourth-order valence-corrected chi connectivity index (χ4v) is 2.52. The van der Waals surface area contributed by atoms with E-state index in [1.807, 2.05) is 18.2 Å². The van der Waals surface area contributed by atoms with Gasteiger partial charge < -0.3 is 18.9 Å². The molecule has 0 amide bonds. The van der Waals surface area contributed by atoms with E-state index in [1.54, 1.807) is 25.3 Å². The normalized spacial score (nSPS) is 10.0. The van der Waals surface area contributed by atoms with Crippen molar-refractivity contribution in [3.63, 3.8) is 0 Å². The van der Waals surface area contributed by atoms with Crippen LogP contribution in [0.2, 0.25) is 0 Å². The number of rotatable bonds is 8. The Kier molecular flexibility index (Phi) is 6.29. The number of benzene rings is 2. The van der Waals surface area contributed by atoms with E-state index in [4.69, 9.17) is 18.9 Å². The van der Waals surface area contributed by atoms with Gasteiger partial charge in [-0.2, -0.15) is 0 Å². The highest BCUT2D eigenvalue weighted by Gasteiger charge is 2.11. The van der Waals surface area contributed by atoms with Crippen molar-refractivity contribution in [1.29, 1.82) is 0 Å². The van der Waals surface area contributed by atoms with Gasteiger partial charge in [0.2, 0.25) is 0 Å². The molecule has 0 fully saturated rings. The van der Waals surface area contributed by atoms with Crippen LogP contribution in [0.3, 0.4) is 0 Å². The van der Waals surface area contributed by atoms with Gasteiger partial charge in [0.15, 0.2) is 11.5 Å². The molecule has 2 aromatic rings. The van der Waals surface area contributed by atoms with Gasteiger partial charge in [-0.15, -0.1) is 0 Å². The third-order valence-electron chi connectivity index (χ3n) is 3.03. The van der Waals surface area contributed by atoms with Crippen molar-refractivity contribution in [3.05, 3.63) is 46.4 Å². The van der Waals surface area contributed by atoms with E-state index in [0.29, 0.717) is 40.5 Å². The molecule has 0 aliphatic carbocycles. The van der Waals surface area contributed by atoms with Crippen LogP contribution in [0.4, 0.5) is 0 Å². The molecule has 2 aromatic carbocycles. The third kappa shape index (κ3) is 4.63. The zero-order valence-corrected chi connectivity index (χ0v) is 14.5. The summed E-state index contributed by atoms with van der Waals surface area (Å²) < 4.78 is 22.3. The standard InChI is InChI=1S/C17H17BrO5/c1-20-13-4-3-5-14(10-13)22-6-7-23-17-15(18)8-12(11-19)9-16(17)21-2/h3-5,8-11H,6-7H2,1-2H3. The van der Waals surface area contributed by atoms with E-state index < -0.39 is 0 Å². The molecule has 0 saturated carbocycles. The minimum atomic E-state index is 0.326. The average Bonchev–Trinajstić information content (AvgIpc) is 2.59. The molecule has 0 aliphatic heterocycles. The molecule has 0 N–H and O–H groups in total. The summed E-state index contributed by atoms with van der Waals surface area (Å²) in [6.45, 7) is 0.685. The second-order valence-corrected chi connectivity index (χ2v) is 5.38. The highest BCUT2D eigenvalue weighted by Crippen LogP contribution is 2.36. The van der Waals surface area contributed by atoms with Gasteiger partial charge in [0.1, 0.15) is 31.0 Å². The van der Waals surface area contributed by atoms with Crippen molar-refractivity contribution in [2.45, 2.75) is 0 Å². The smallest absolute Gasteiger partial charge is 0.175 e. The molecule has 0 unspecified atom stereocenters. The van der Waals surface area contributed by atoms with Gasteiger partial charge in [-0.05, 0) is 40.2 Å². The zero-order valence-electron chi connectivity index (χ0n) is 12.9. The molecule has 0 atom stereocenters. The molecule has 2 rings (SSSR count). The summed E-state index contributed by atoms with van der Waals surface area (Å²) in [5.41, 5.74) is 0.508. The van der Waals surface area contributed by atoms with E-state index in [1.165, 1.54) is 7.11 Å². The van der Waals surface area contributed by atoms with Crippen LogP contribution in [0, 0.1) is 0 Å². The van der Waals surface area contributed by atoms with Gasteiger partial charge in [0.25, 0.3) is 0 Å². The summed E-state index contributed by atoms with van der Waals surface area (Å²) in [6, 6.07) is 10.6. The fraction of sp³-hybridized carbons (Fsp3) is 0.235. The lowest BCUT2D eigenvalue weighted by atomic mass is 10.2. The third-order valence-corrected chi connectivity index (χ3v) is 3.62. The molecule has 5 nitrogen and oxygen atoms in total. The molecule has 6 heteroatoms. The quantitative estimate of drug-likeness (QED) is 0.515. The molecule has 0 spiro atoms. The monoisotopic (exact) mass is 380 g/mol. The number of carbonyl (C=O) groups excluding carboxylic acids is 1. The van der Waals surface area contributed by atoms with Crippen LogP contribution in [0.15, 0.2) is 40.9 Å². The first kappa shape index (κ1) is 17.1. The van der Waals surface area contributed by atoms with E-state index in [-0.39, 0.29) is 0 Å². The highest BCUT2D eigenvalue weighted by atomic mass is 79.9. The number of halogens is 1. The molecule has 0 aromatic heterocycles. The Balaban J connectivity index is 1.94. The summed E-state index contributed by atoms with van der Waals surface area (Å²) in [4.78, 5) is 10.9. The lowest BCUT2D eigenvalue weighted by Crippen LogP contribution is -2.10. The predicted molar refractivity (Wildman–Crippen MR) is 90.1 cm³/mol. The fourth-order valence-electron chi connectivity index (χ4n) is 1.94. The highest BCUT2D eigenvalue weighted by molar-refractivity contribution is 9.10. The first-order valence-corrected chi connectivity index (χ1v) is 7.69. The molecule has 122 valence electrons. The minimum Gasteiger partial charge on any atom is -0.497 e. The van der Waals surface area contributed by atoms with Crippen molar-refractivity contribution in [2.75, 3.05) is 27.4 Å². The molecular formula is C17H17BrO5. The summed E-state index contributed by atoms with van der Waals surface area (Å²) in [5, 5.41) is 0. The van der Waals surface area contributed by atoms with Crippen molar-refractivity contribution < 1.29 is 23.7 Å². The first-order chi connectivity index (χ1) is 11.2. The molecule has 0 bridgehead atoms. The van der Waals surface area contributed by atoms with Crippen molar-refractivity contribution >= 4 is 22.2 Å². The van der Waals surface area contributed by atoms with Gasteiger partial charge in [-0.3, -0.25) is 4.79 Å². The molecule has 0 heterocycles.